The number of methoxy groups -OCH3 is 1. The van der Waals surface area contributed by atoms with Crippen LogP contribution in [0.25, 0.3) is 22.2 Å². The van der Waals surface area contributed by atoms with E-state index in [-0.39, 0.29) is 5.56 Å². The van der Waals surface area contributed by atoms with Gasteiger partial charge in [-0.3, -0.25) is 0 Å². The normalized spacial score (nSPS) is 11.0. The highest BCUT2D eigenvalue weighted by molar-refractivity contribution is 5.90. The number of halogens is 3. The Morgan fingerprint density at radius 2 is 1.70 bits per heavy atom. The third kappa shape index (κ3) is 1.91. The van der Waals surface area contributed by atoms with Crippen molar-refractivity contribution < 1.29 is 17.9 Å². The van der Waals surface area contributed by atoms with Crippen molar-refractivity contribution in [3.63, 3.8) is 0 Å². The number of nitrogens with one attached hydrogen (secondary N) is 1. The van der Waals surface area contributed by atoms with Gasteiger partial charge in [-0.15, -0.1) is 0 Å². The molecule has 1 N–H and O–H groups in total. The Hall–Kier alpha value is -2.43. The molecule has 0 saturated heterocycles. The topological polar surface area (TPSA) is 25.0 Å². The van der Waals surface area contributed by atoms with Crippen LogP contribution >= 0.6 is 0 Å². The molecule has 20 heavy (non-hydrogen) atoms. The molecule has 0 amide bonds. The molecular formula is C15H10F3NO. The van der Waals surface area contributed by atoms with E-state index in [1.807, 2.05) is 6.07 Å². The summed E-state index contributed by atoms with van der Waals surface area (Å²) in [5, 5.41) is 0.787. The third-order valence-corrected chi connectivity index (χ3v) is 3.14. The molecule has 3 rings (SSSR count). The van der Waals surface area contributed by atoms with Crippen molar-refractivity contribution in [3.8, 4) is 17.0 Å². The highest BCUT2D eigenvalue weighted by Crippen LogP contribution is 2.31. The van der Waals surface area contributed by atoms with Crippen LogP contribution in [0.15, 0.2) is 36.4 Å². The number of benzene rings is 2. The van der Waals surface area contributed by atoms with Gasteiger partial charge < -0.3 is 9.72 Å². The van der Waals surface area contributed by atoms with Gasteiger partial charge in [0.2, 0.25) is 0 Å². The predicted molar refractivity (Wildman–Crippen MR) is 70.2 cm³/mol. The Morgan fingerprint density at radius 3 is 2.35 bits per heavy atom. The second-order valence-electron chi connectivity index (χ2n) is 4.36. The molecule has 2 nitrogen and oxygen atoms in total. The van der Waals surface area contributed by atoms with Crippen molar-refractivity contribution >= 4 is 10.9 Å². The first-order valence-corrected chi connectivity index (χ1v) is 5.91. The van der Waals surface area contributed by atoms with E-state index < -0.39 is 17.5 Å². The van der Waals surface area contributed by atoms with E-state index in [9.17, 15) is 13.2 Å². The molecule has 0 saturated carbocycles. The number of aromatic nitrogens is 1. The van der Waals surface area contributed by atoms with Gasteiger partial charge in [0.15, 0.2) is 17.5 Å². The van der Waals surface area contributed by atoms with Gasteiger partial charge in [-0.1, -0.05) is 6.07 Å². The molecule has 0 aliphatic rings. The van der Waals surface area contributed by atoms with Crippen LogP contribution in [0.4, 0.5) is 13.2 Å². The fourth-order valence-corrected chi connectivity index (χ4v) is 2.17. The summed E-state index contributed by atoms with van der Waals surface area (Å²) in [7, 11) is 1.54. The fraction of sp³-hybridized carbons (Fsp3) is 0.0667. The van der Waals surface area contributed by atoms with Gasteiger partial charge in [0, 0.05) is 22.2 Å². The van der Waals surface area contributed by atoms with E-state index in [1.165, 1.54) is 0 Å². The maximum atomic E-state index is 13.3. The van der Waals surface area contributed by atoms with Crippen molar-refractivity contribution in [2.24, 2.45) is 0 Å². The number of aromatic amines is 1. The summed E-state index contributed by atoms with van der Waals surface area (Å²) in [6.07, 6.45) is 0. The minimum absolute atomic E-state index is 0.236. The van der Waals surface area contributed by atoms with Gasteiger partial charge in [-0.2, -0.15) is 0 Å². The van der Waals surface area contributed by atoms with E-state index in [0.29, 0.717) is 11.4 Å². The average Bonchev–Trinajstić information content (AvgIpc) is 2.88. The average molecular weight is 277 g/mol. The lowest BCUT2D eigenvalue weighted by molar-refractivity contribution is 0.420. The Labute approximate surface area is 112 Å². The zero-order valence-corrected chi connectivity index (χ0v) is 10.5. The van der Waals surface area contributed by atoms with Crippen LogP contribution in [-0.4, -0.2) is 12.1 Å². The number of H-pyrrole nitrogens is 1. The van der Waals surface area contributed by atoms with E-state index >= 15 is 0 Å². The molecule has 5 heteroatoms. The molecule has 1 heterocycles. The Kier molecular flexibility index (Phi) is 2.89. The highest BCUT2D eigenvalue weighted by Gasteiger charge is 2.13. The molecule has 3 aromatic rings. The lowest BCUT2D eigenvalue weighted by atomic mass is 10.1. The quantitative estimate of drug-likeness (QED) is 0.695. The molecule has 0 aliphatic carbocycles. The molecule has 0 bridgehead atoms. The van der Waals surface area contributed by atoms with Crippen LogP contribution in [0.2, 0.25) is 0 Å². The van der Waals surface area contributed by atoms with Crippen LogP contribution in [0.3, 0.4) is 0 Å². The zero-order chi connectivity index (χ0) is 14.3. The molecule has 0 fully saturated rings. The van der Waals surface area contributed by atoms with Gasteiger partial charge >= 0.3 is 0 Å². The number of rotatable bonds is 2. The molecule has 102 valence electrons. The monoisotopic (exact) mass is 277 g/mol. The first kappa shape index (κ1) is 12.6. The number of ether oxygens (including phenoxy) is 1. The van der Waals surface area contributed by atoms with Crippen molar-refractivity contribution in [1.82, 2.24) is 4.98 Å². The molecular weight excluding hydrogens is 267 g/mol. The summed E-state index contributed by atoms with van der Waals surface area (Å²) >= 11 is 0. The summed E-state index contributed by atoms with van der Waals surface area (Å²) in [5.74, 6) is -3.26. The number of hydrogen-bond acceptors (Lipinski definition) is 1. The molecule has 0 spiro atoms. The van der Waals surface area contributed by atoms with Crippen LogP contribution in [0.5, 0.6) is 5.75 Å². The molecule has 0 unspecified atom stereocenters. The smallest absolute Gasteiger partial charge is 0.194 e. The lowest BCUT2D eigenvalue weighted by Crippen LogP contribution is -1.91. The second kappa shape index (κ2) is 4.59. The second-order valence-corrected chi connectivity index (χ2v) is 4.36. The van der Waals surface area contributed by atoms with E-state index in [0.717, 1.165) is 23.0 Å². The first-order chi connectivity index (χ1) is 9.60. The van der Waals surface area contributed by atoms with Crippen molar-refractivity contribution in [3.05, 3.63) is 53.8 Å². The van der Waals surface area contributed by atoms with Crippen LogP contribution < -0.4 is 4.74 Å². The van der Waals surface area contributed by atoms with Crippen LogP contribution in [0.1, 0.15) is 0 Å². The number of fused-ring (bicyclic) bond motifs is 1. The van der Waals surface area contributed by atoms with E-state index in [1.54, 1.807) is 25.3 Å². The van der Waals surface area contributed by atoms with Gasteiger partial charge in [-0.25, -0.2) is 13.2 Å². The van der Waals surface area contributed by atoms with Crippen molar-refractivity contribution in [1.29, 1.82) is 0 Å². The first-order valence-electron chi connectivity index (χ1n) is 5.91. The fourth-order valence-electron chi connectivity index (χ4n) is 2.17. The van der Waals surface area contributed by atoms with Crippen LogP contribution in [0, 0.1) is 17.5 Å². The molecule has 1 aromatic heterocycles. The Morgan fingerprint density at radius 1 is 1.00 bits per heavy atom. The zero-order valence-electron chi connectivity index (χ0n) is 10.5. The molecule has 0 aliphatic heterocycles. The molecule has 2 aromatic carbocycles. The highest BCUT2D eigenvalue weighted by atomic mass is 19.2. The Bertz CT molecular complexity index is 772. The summed E-state index contributed by atoms with van der Waals surface area (Å²) in [6, 6.07) is 9.02. The minimum Gasteiger partial charge on any atom is -0.496 e. The van der Waals surface area contributed by atoms with E-state index in [4.69, 9.17) is 4.74 Å². The summed E-state index contributed by atoms with van der Waals surface area (Å²) in [6.45, 7) is 0. The van der Waals surface area contributed by atoms with E-state index in [2.05, 4.69) is 4.98 Å². The van der Waals surface area contributed by atoms with Gasteiger partial charge in [-0.05, 0) is 30.3 Å². The minimum atomic E-state index is -1.47. The summed E-state index contributed by atoms with van der Waals surface area (Å²) in [5.41, 5.74) is 1.49. The maximum Gasteiger partial charge on any atom is 0.194 e. The SMILES string of the molecule is COc1cccc2[nH]c(-c3cc(F)c(F)c(F)c3)cc12. The number of hydrogen-bond donors (Lipinski definition) is 1. The largest absolute Gasteiger partial charge is 0.496 e. The third-order valence-electron chi connectivity index (χ3n) is 3.14. The predicted octanol–water partition coefficient (Wildman–Crippen LogP) is 4.26. The van der Waals surface area contributed by atoms with Crippen LogP contribution in [-0.2, 0) is 0 Å². The van der Waals surface area contributed by atoms with Gasteiger partial charge in [0.1, 0.15) is 5.75 Å². The van der Waals surface area contributed by atoms with Crippen molar-refractivity contribution in [2.75, 3.05) is 7.11 Å². The van der Waals surface area contributed by atoms with Gasteiger partial charge in [0.25, 0.3) is 0 Å². The summed E-state index contributed by atoms with van der Waals surface area (Å²) in [4.78, 5) is 3.02. The molecule has 0 radical (unpaired) electrons. The Balaban J connectivity index is 2.20. The standard InChI is InChI=1S/C15H10F3NO/c1-20-14-4-2-3-12-9(14)7-13(19-12)8-5-10(16)15(18)11(17)6-8/h2-7,19H,1H3. The summed E-state index contributed by atoms with van der Waals surface area (Å²) < 4.78 is 44.7. The van der Waals surface area contributed by atoms with Crippen molar-refractivity contribution in [2.45, 2.75) is 0 Å². The molecule has 0 atom stereocenters. The van der Waals surface area contributed by atoms with Gasteiger partial charge in [0.05, 0.1) is 7.11 Å². The lowest BCUT2D eigenvalue weighted by Gasteiger charge is -2.00. The maximum absolute atomic E-state index is 13.3.